The number of nitrogens with zero attached hydrogens (tertiary/aromatic N) is 1. The number of hydrogen-bond donors (Lipinski definition) is 0. The molecule has 0 saturated carbocycles. The van der Waals surface area contributed by atoms with Crippen LogP contribution in [0.3, 0.4) is 0 Å². The molecule has 13 rings (SSSR count). The monoisotopic (exact) mass is 823 g/mol. The Balaban J connectivity index is 1.04. The van der Waals surface area contributed by atoms with Crippen LogP contribution in [-0.2, 0) is 16.2 Å². The van der Waals surface area contributed by atoms with Crippen molar-refractivity contribution >= 4 is 39.0 Å². The Kier molecular flexibility index (Phi) is 7.63. The molecule has 0 amide bonds. The quantitative estimate of drug-likeness (QED) is 0.177. The van der Waals surface area contributed by atoms with Gasteiger partial charge in [0, 0.05) is 55.4 Å². The van der Waals surface area contributed by atoms with Crippen molar-refractivity contribution in [1.82, 2.24) is 0 Å². The number of para-hydroxylation sites is 3. The smallest absolute Gasteiger partial charge is 0.143 e. The van der Waals surface area contributed by atoms with E-state index >= 15 is 0 Å². The normalized spacial score (nSPS) is 15.4. The summed E-state index contributed by atoms with van der Waals surface area (Å²) in [6.07, 6.45) is 0. The highest BCUT2D eigenvalue weighted by Crippen LogP contribution is 2.62. The maximum atomic E-state index is 6.95. The molecule has 10 aromatic rings. The predicted octanol–water partition coefficient (Wildman–Crippen LogP) is 16.2. The summed E-state index contributed by atoms with van der Waals surface area (Å²) in [5, 5.41) is 2.26. The van der Waals surface area contributed by atoms with Gasteiger partial charge in [0.1, 0.15) is 22.7 Å². The van der Waals surface area contributed by atoms with Gasteiger partial charge in [0.25, 0.3) is 0 Å². The molecule has 0 bridgehead atoms. The number of anilines is 3. The van der Waals surface area contributed by atoms with Gasteiger partial charge in [-0.15, -0.1) is 0 Å². The van der Waals surface area contributed by atoms with Crippen molar-refractivity contribution in [2.45, 2.75) is 43.9 Å². The van der Waals surface area contributed by atoms with Crippen LogP contribution in [0.4, 0.5) is 17.1 Å². The average molecular weight is 824 g/mol. The van der Waals surface area contributed by atoms with Gasteiger partial charge in [0.15, 0.2) is 0 Å². The second-order valence-electron chi connectivity index (χ2n) is 18.8. The molecule has 3 aliphatic rings. The number of furan rings is 1. The fourth-order valence-electron chi connectivity index (χ4n) is 11.8. The third kappa shape index (κ3) is 4.92. The van der Waals surface area contributed by atoms with E-state index in [4.69, 9.17) is 9.15 Å². The topological polar surface area (TPSA) is 25.6 Å². The molecule has 2 heterocycles. The van der Waals surface area contributed by atoms with Gasteiger partial charge in [0.05, 0.1) is 5.41 Å². The van der Waals surface area contributed by atoms with Crippen LogP contribution in [0.5, 0.6) is 11.5 Å². The SMILES string of the molecule is CC1(C)c2ccccc2-c2ccc(N(c3ccc(-c4cccc5c4oc4ccccc45)cc3)c3ccc4c(c3)C3(c5ccccc5O4)c4ccccc4C(C)(C)c4ccccc43)cc21. The van der Waals surface area contributed by atoms with Crippen LogP contribution in [0.15, 0.2) is 205 Å². The zero-order valence-electron chi connectivity index (χ0n) is 36.3. The lowest BCUT2D eigenvalue weighted by molar-refractivity contribution is 0.425. The first-order chi connectivity index (χ1) is 31.2. The second-order valence-corrected chi connectivity index (χ2v) is 18.8. The van der Waals surface area contributed by atoms with Crippen LogP contribution in [0.2, 0.25) is 0 Å². The van der Waals surface area contributed by atoms with E-state index in [1.807, 2.05) is 12.1 Å². The maximum Gasteiger partial charge on any atom is 0.143 e. The Morgan fingerprint density at radius 2 is 0.875 bits per heavy atom. The zero-order chi connectivity index (χ0) is 43.0. The van der Waals surface area contributed by atoms with E-state index in [2.05, 4.69) is 221 Å². The fraction of sp³-hybridized carbons (Fsp3) is 0.115. The first-order valence-electron chi connectivity index (χ1n) is 22.4. The lowest BCUT2D eigenvalue weighted by atomic mass is 9.53. The molecule has 306 valence electrons. The van der Waals surface area contributed by atoms with E-state index in [1.165, 1.54) is 44.5 Å². The van der Waals surface area contributed by atoms with Gasteiger partial charge in [-0.2, -0.15) is 0 Å². The van der Waals surface area contributed by atoms with Crippen molar-refractivity contribution in [3.63, 3.8) is 0 Å². The average Bonchev–Trinajstić information content (AvgIpc) is 3.83. The molecule has 0 radical (unpaired) electrons. The summed E-state index contributed by atoms with van der Waals surface area (Å²) in [7, 11) is 0. The first kappa shape index (κ1) is 37.0. The highest BCUT2D eigenvalue weighted by atomic mass is 16.5. The summed E-state index contributed by atoms with van der Waals surface area (Å²) in [4.78, 5) is 2.43. The van der Waals surface area contributed by atoms with E-state index in [1.54, 1.807) is 0 Å². The summed E-state index contributed by atoms with van der Waals surface area (Å²) in [6, 6.07) is 73.4. The van der Waals surface area contributed by atoms with Crippen molar-refractivity contribution in [1.29, 1.82) is 0 Å². The molecule has 0 fully saturated rings. The van der Waals surface area contributed by atoms with E-state index in [-0.39, 0.29) is 10.8 Å². The maximum absolute atomic E-state index is 6.95. The van der Waals surface area contributed by atoms with Crippen molar-refractivity contribution in [3.8, 4) is 33.8 Å². The van der Waals surface area contributed by atoms with Crippen molar-refractivity contribution in [2.75, 3.05) is 4.90 Å². The van der Waals surface area contributed by atoms with Gasteiger partial charge in [-0.25, -0.2) is 0 Å². The van der Waals surface area contributed by atoms with E-state index < -0.39 is 5.41 Å². The van der Waals surface area contributed by atoms with E-state index in [0.717, 1.165) is 72.8 Å². The molecule has 1 aromatic heterocycles. The van der Waals surface area contributed by atoms with Crippen LogP contribution in [-0.4, -0.2) is 0 Å². The molecule has 2 aliphatic carbocycles. The largest absolute Gasteiger partial charge is 0.457 e. The number of rotatable bonds is 4. The minimum Gasteiger partial charge on any atom is -0.457 e. The van der Waals surface area contributed by atoms with E-state index in [9.17, 15) is 0 Å². The van der Waals surface area contributed by atoms with E-state index in [0.29, 0.717) is 0 Å². The summed E-state index contributed by atoms with van der Waals surface area (Å²) in [5.74, 6) is 1.76. The number of hydrogen-bond acceptors (Lipinski definition) is 3. The molecule has 64 heavy (non-hydrogen) atoms. The molecular formula is C61H45NO2. The van der Waals surface area contributed by atoms with Crippen molar-refractivity contribution in [2.24, 2.45) is 0 Å². The highest BCUT2D eigenvalue weighted by molar-refractivity contribution is 6.09. The molecule has 1 spiro atoms. The lowest BCUT2D eigenvalue weighted by Gasteiger charge is -2.50. The lowest BCUT2D eigenvalue weighted by Crippen LogP contribution is -2.43. The minimum atomic E-state index is -0.634. The molecule has 1 aliphatic heterocycles. The molecule has 9 aromatic carbocycles. The Hall–Kier alpha value is -7.62. The Morgan fingerprint density at radius 1 is 0.359 bits per heavy atom. The fourth-order valence-corrected chi connectivity index (χ4v) is 11.8. The van der Waals surface area contributed by atoms with Crippen LogP contribution < -0.4 is 9.64 Å². The van der Waals surface area contributed by atoms with Gasteiger partial charge in [-0.05, 0) is 105 Å². The van der Waals surface area contributed by atoms with Crippen molar-refractivity contribution < 1.29 is 9.15 Å². The van der Waals surface area contributed by atoms with Gasteiger partial charge >= 0.3 is 0 Å². The second kappa shape index (κ2) is 13.2. The third-order valence-electron chi connectivity index (χ3n) is 14.8. The first-order valence-corrected chi connectivity index (χ1v) is 22.4. The van der Waals surface area contributed by atoms with Gasteiger partial charge in [-0.1, -0.05) is 173 Å². The Bertz CT molecular complexity index is 3500. The van der Waals surface area contributed by atoms with Gasteiger partial charge in [0.2, 0.25) is 0 Å². The molecule has 3 heteroatoms. The summed E-state index contributed by atoms with van der Waals surface area (Å²) < 4.78 is 13.5. The number of benzene rings is 9. The number of ether oxygens (including phenoxy) is 1. The minimum absolute atomic E-state index is 0.164. The van der Waals surface area contributed by atoms with Crippen LogP contribution in [0, 0.1) is 0 Å². The van der Waals surface area contributed by atoms with Crippen LogP contribution in [0.25, 0.3) is 44.2 Å². The molecule has 3 nitrogen and oxygen atoms in total. The molecular weight excluding hydrogens is 779 g/mol. The van der Waals surface area contributed by atoms with Gasteiger partial charge in [-0.3, -0.25) is 0 Å². The summed E-state index contributed by atoms with van der Waals surface area (Å²) in [6.45, 7) is 9.45. The predicted molar refractivity (Wildman–Crippen MR) is 262 cm³/mol. The van der Waals surface area contributed by atoms with Gasteiger partial charge < -0.3 is 14.1 Å². The molecule has 0 atom stereocenters. The Morgan fingerprint density at radius 3 is 1.62 bits per heavy atom. The third-order valence-corrected chi connectivity index (χ3v) is 14.8. The zero-order valence-corrected chi connectivity index (χ0v) is 36.3. The number of fused-ring (bicyclic) bond motifs is 14. The highest BCUT2D eigenvalue weighted by Gasteiger charge is 2.53. The standard InChI is InChI=1S/C61H45NO2/c1-59(2)47-20-7-5-16-43(47)44-34-32-40(36-53(44)59)62(39-30-28-38(29-31-39)42-18-15-19-46-45-17-6-13-26-55(45)64-58(42)46)41-33-35-57-54(37-41)61(52-25-12-14-27-56(52)63-57)50-23-10-8-21-48(50)60(3,4)49-22-9-11-24-51(49)61/h5-37H,1-4H3. The Labute approximate surface area is 373 Å². The molecule has 0 saturated heterocycles. The molecule has 0 N–H and O–H groups in total. The molecule has 0 unspecified atom stereocenters. The van der Waals surface area contributed by atoms with Crippen LogP contribution in [0.1, 0.15) is 72.2 Å². The van der Waals surface area contributed by atoms with Crippen LogP contribution >= 0.6 is 0 Å². The van der Waals surface area contributed by atoms with Crippen molar-refractivity contribution in [3.05, 3.63) is 245 Å². The summed E-state index contributed by atoms with van der Waals surface area (Å²) in [5.41, 5.74) is 19.0. The summed E-state index contributed by atoms with van der Waals surface area (Å²) >= 11 is 0.